The number of carbonyl (C=O) groups is 1. The van der Waals surface area contributed by atoms with E-state index in [1.54, 1.807) is 0 Å². The third-order valence-corrected chi connectivity index (χ3v) is 2.60. The number of aliphatic imine (C=N–C) groups is 1. The first-order valence-electron chi connectivity index (χ1n) is 5.84. The number of amides is 2. The van der Waals surface area contributed by atoms with E-state index in [9.17, 15) is 9.18 Å². The van der Waals surface area contributed by atoms with Crippen molar-refractivity contribution in [3.05, 3.63) is 23.3 Å². The minimum Gasteiger partial charge on any atom is -0.304 e. The molecule has 0 atom stereocenters. The second kappa shape index (κ2) is 5.71. The largest absolute Gasteiger partial charge is 0.344 e. The molecule has 4 nitrogen and oxygen atoms in total. The van der Waals surface area contributed by atoms with Gasteiger partial charge in [-0.05, 0) is 18.6 Å². The van der Waals surface area contributed by atoms with Gasteiger partial charge in [0, 0.05) is 5.56 Å². The number of hydrogen-bond donors (Lipinski definition) is 1. The van der Waals surface area contributed by atoms with E-state index in [0.29, 0.717) is 16.9 Å². The molecule has 0 fully saturated rings. The smallest absolute Gasteiger partial charge is 0.304 e. The van der Waals surface area contributed by atoms with E-state index >= 15 is 0 Å². The second-order valence-electron chi connectivity index (χ2n) is 4.68. The van der Waals surface area contributed by atoms with Gasteiger partial charge in [-0.25, -0.2) is 14.2 Å². The molecule has 1 aromatic rings. The molecule has 0 aliphatic rings. The summed E-state index contributed by atoms with van der Waals surface area (Å²) in [5.74, 6) is -0.414. The Hall–Kier alpha value is -1.78. The number of aromatic nitrogens is 1. The Bertz CT molecular complexity index is 470. The zero-order chi connectivity index (χ0) is 13.9. The average Bonchev–Trinajstić information content (AvgIpc) is 2.27. The van der Waals surface area contributed by atoms with Gasteiger partial charge in [0.15, 0.2) is 0 Å². The lowest BCUT2D eigenvalue weighted by Crippen LogP contribution is -2.14. The molecule has 0 bridgehead atoms. The number of urea groups is 1. The van der Waals surface area contributed by atoms with Crippen molar-refractivity contribution in [1.29, 1.82) is 0 Å². The Kier molecular flexibility index (Phi) is 4.53. The van der Waals surface area contributed by atoms with Gasteiger partial charge in [0.1, 0.15) is 5.82 Å². The Balaban J connectivity index is 3.42. The van der Waals surface area contributed by atoms with E-state index in [-0.39, 0.29) is 11.8 Å². The van der Waals surface area contributed by atoms with Crippen LogP contribution in [0.1, 0.15) is 50.8 Å². The molecule has 0 saturated carbocycles. The summed E-state index contributed by atoms with van der Waals surface area (Å²) in [6.45, 7) is 10.7. The molecule has 98 valence electrons. The molecular weight excluding hydrogens is 233 g/mol. The summed E-state index contributed by atoms with van der Waals surface area (Å²) in [6.07, 6.45) is 1.20. The molecule has 1 aromatic heterocycles. The summed E-state index contributed by atoms with van der Waals surface area (Å²) in [5.41, 5.74) is 1.51. The molecular formula is C13H18FN3O. The molecule has 0 aliphatic carbocycles. The highest BCUT2D eigenvalue weighted by Crippen LogP contribution is 2.32. The molecule has 1 rings (SSSR count). The van der Waals surface area contributed by atoms with Crippen LogP contribution in [0.2, 0.25) is 0 Å². The first-order chi connectivity index (χ1) is 8.38. The molecule has 0 unspecified atom stereocenters. The monoisotopic (exact) mass is 251 g/mol. The lowest BCUT2D eigenvalue weighted by atomic mass is 9.96. The summed E-state index contributed by atoms with van der Waals surface area (Å²) in [5, 5.41) is 2.56. The number of nitrogens with one attached hydrogen (secondary N) is 1. The van der Waals surface area contributed by atoms with Crippen LogP contribution < -0.4 is 5.32 Å². The van der Waals surface area contributed by atoms with E-state index in [1.807, 2.05) is 27.7 Å². The Morgan fingerprint density at radius 1 is 1.39 bits per heavy atom. The summed E-state index contributed by atoms with van der Waals surface area (Å²) < 4.78 is 13.8. The van der Waals surface area contributed by atoms with Crippen LogP contribution in [0.15, 0.2) is 11.2 Å². The zero-order valence-corrected chi connectivity index (χ0v) is 11.1. The molecule has 1 heterocycles. The minimum absolute atomic E-state index is 0.0642. The van der Waals surface area contributed by atoms with Crippen molar-refractivity contribution >= 4 is 18.4 Å². The van der Waals surface area contributed by atoms with Crippen LogP contribution in [0.5, 0.6) is 0 Å². The molecule has 2 amide bonds. The van der Waals surface area contributed by atoms with Crippen molar-refractivity contribution in [3.63, 3.8) is 0 Å². The third-order valence-electron chi connectivity index (χ3n) is 2.60. The summed E-state index contributed by atoms with van der Waals surface area (Å²) in [4.78, 5) is 18.7. The van der Waals surface area contributed by atoms with Crippen LogP contribution in [-0.4, -0.2) is 17.7 Å². The zero-order valence-electron chi connectivity index (χ0n) is 11.1. The Labute approximate surface area is 106 Å². The lowest BCUT2D eigenvalue weighted by Gasteiger charge is -2.18. The fourth-order valence-corrected chi connectivity index (χ4v) is 1.80. The topological polar surface area (TPSA) is 54.4 Å². The average molecular weight is 251 g/mol. The van der Waals surface area contributed by atoms with Gasteiger partial charge in [0.25, 0.3) is 0 Å². The van der Waals surface area contributed by atoms with Gasteiger partial charge in [-0.3, -0.25) is 4.98 Å². The number of hydrogen-bond acceptors (Lipinski definition) is 2. The highest BCUT2D eigenvalue weighted by molar-refractivity contribution is 5.93. The van der Waals surface area contributed by atoms with Crippen molar-refractivity contribution in [2.24, 2.45) is 4.99 Å². The van der Waals surface area contributed by atoms with Crippen molar-refractivity contribution in [2.75, 3.05) is 5.32 Å². The number of halogens is 1. The number of nitrogens with zero attached hydrogens (tertiary/aromatic N) is 2. The predicted molar refractivity (Wildman–Crippen MR) is 70.9 cm³/mol. The van der Waals surface area contributed by atoms with Crippen LogP contribution in [0.4, 0.5) is 14.9 Å². The highest BCUT2D eigenvalue weighted by atomic mass is 19.1. The van der Waals surface area contributed by atoms with Gasteiger partial charge in [0.2, 0.25) is 0 Å². The van der Waals surface area contributed by atoms with Crippen molar-refractivity contribution in [2.45, 2.75) is 39.5 Å². The molecule has 1 N–H and O–H groups in total. The van der Waals surface area contributed by atoms with E-state index in [1.165, 1.54) is 6.20 Å². The van der Waals surface area contributed by atoms with E-state index in [0.717, 1.165) is 0 Å². The number of anilines is 1. The maximum absolute atomic E-state index is 13.8. The number of rotatable bonds is 3. The minimum atomic E-state index is -0.605. The van der Waals surface area contributed by atoms with Gasteiger partial charge < -0.3 is 5.32 Å². The Morgan fingerprint density at radius 2 is 2.00 bits per heavy atom. The molecule has 0 aliphatic heterocycles. The van der Waals surface area contributed by atoms with Crippen molar-refractivity contribution in [1.82, 2.24) is 4.98 Å². The number of pyridine rings is 1. The van der Waals surface area contributed by atoms with E-state index < -0.39 is 11.8 Å². The summed E-state index contributed by atoms with van der Waals surface area (Å²) in [7, 11) is 0. The van der Waals surface area contributed by atoms with Crippen LogP contribution >= 0.6 is 0 Å². The fraction of sp³-hybridized carbons (Fsp3) is 0.462. The van der Waals surface area contributed by atoms with Gasteiger partial charge in [0.05, 0.1) is 17.6 Å². The Morgan fingerprint density at radius 3 is 2.44 bits per heavy atom. The first kappa shape index (κ1) is 14.3. The van der Waals surface area contributed by atoms with Crippen LogP contribution in [0, 0.1) is 5.82 Å². The van der Waals surface area contributed by atoms with E-state index in [2.05, 4.69) is 22.0 Å². The fourth-order valence-electron chi connectivity index (χ4n) is 1.80. The van der Waals surface area contributed by atoms with Crippen LogP contribution in [0.3, 0.4) is 0 Å². The van der Waals surface area contributed by atoms with Gasteiger partial charge in [-0.2, -0.15) is 0 Å². The summed E-state index contributed by atoms with van der Waals surface area (Å²) in [6, 6.07) is -0.605. The maximum Gasteiger partial charge on any atom is 0.344 e. The SMILES string of the molecule is C=NC(=O)Nc1c(C(C)C)ncc(F)c1C(C)C. The third kappa shape index (κ3) is 2.91. The second-order valence-corrected chi connectivity index (χ2v) is 4.68. The van der Waals surface area contributed by atoms with Crippen molar-refractivity contribution in [3.8, 4) is 0 Å². The van der Waals surface area contributed by atoms with Crippen molar-refractivity contribution < 1.29 is 9.18 Å². The highest BCUT2D eigenvalue weighted by Gasteiger charge is 2.20. The molecule has 0 radical (unpaired) electrons. The first-order valence-corrected chi connectivity index (χ1v) is 5.84. The van der Waals surface area contributed by atoms with Gasteiger partial charge >= 0.3 is 6.03 Å². The van der Waals surface area contributed by atoms with Gasteiger partial charge in [-0.1, -0.05) is 27.7 Å². The standard InChI is InChI=1S/C13H18FN3O/c1-7(2)10-9(14)6-16-11(8(3)4)12(10)17-13(18)15-5/h6-8H,5H2,1-4H3,(H,17,18). The molecule has 18 heavy (non-hydrogen) atoms. The lowest BCUT2D eigenvalue weighted by molar-refractivity contribution is 0.259. The summed E-state index contributed by atoms with van der Waals surface area (Å²) >= 11 is 0. The quantitative estimate of drug-likeness (QED) is 0.833. The van der Waals surface area contributed by atoms with Crippen LogP contribution in [-0.2, 0) is 0 Å². The van der Waals surface area contributed by atoms with Gasteiger partial charge in [-0.15, -0.1) is 0 Å². The molecule has 0 saturated heterocycles. The van der Waals surface area contributed by atoms with E-state index in [4.69, 9.17) is 0 Å². The normalized spacial score (nSPS) is 10.8. The molecule has 0 aromatic carbocycles. The number of carbonyl (C=O) groups excluding carboxylic acids is 1. The molecule has 5 heteroatoms. The maximum atomic E-state index is 13.8. The molecule has 0 spiro atoms. The van der Waals surface area contributed by atoms with Crippen LogP contribution in [0.25, 0.3) is 0 Å². The predicted octanol–water partition coefficient (Wildman–Crippen LogP) is 3.70.